The largest absolute Gasteiger partial charge is 0.348 e. The van der Waals surface area contributed by atoms with Crippen LogP contribution in [0.3, 0.4) is 0 Å². The normalized spacial score (nSPS) is 14.7. The van der Waals surface area contributed by atoms with Gasteiger partial charge >= 0.3 is 0 Å². The third kappa shape index (κ3) is 2.63. The number of carbonyl (C=O) groups is 1. The molecule has 0 fully saturated rings. The third-order valence-corrected chi connectivity index (χ3v) is 4.21. The van der Waals surface area contributed by atoms with Crippen molar-refractivity contribution in [2.45, 2.75) is 45.6 Å². The quantitative estimate of drug-likeness (QED) is 0.943. The molecule has 1 N–H and O–H groups in total. The Hall–Kier alpha value is -2.17. The summed E-state index contributed by atoms with van der Waals surface area (Å²) in [6, 6.07) is 6.34. The molecular weight excluding hydrogens is 281 g/mol. The highest BCUT2D eigenvalue weighted by Gasteiger charge is 2.27. The van der Waals surface area contributed by atoms with E-state index in [2.05, 4.69) is 10.4 Å². The average Bonchev–Trinajstić information content (AvgIpc) is 3.10. The van der Waals surface area contributed by atoms with Crippen molar-refractivity contribution in [3.63, 3.8) is 0 Å². The fourth-order valence-electron chi connectivity index (χ4n) is 2.81. The van der Waals surface area contributed by atoms with Crippen LogP contribution in [0.25, 0.3) is 5.69 Å². The first-order chi connectivity index (χ1) is 10.6. The van der Waals surface area contributed by atoms with Crippen molar-refractivity contribution in [2.75, 3.05) is 0 Å². The number of amides is 1. The molecule has 116 valence electrons. The van der Waals surface area contributed by atoms with Crippen LogP contribution in [0.15, 0.2) is 24.3 Å². The summed E-state index contributed by atoms with van der Waals surface area (Å²) in [4.78, 5) is 12.4. The van der Waals surface area contributed by atoms with Gasteiger partial charge in [0.1, 0.15) is 5.82 Å². The Labute approximate surface area is 129 Å². The van der Waals surface area contributed by atoms with E-state index in [4.69, 9.17) is 0 Å². The molecule has 3 rings (SSSR count). The monoisotopic (exact) mass is 301 g/mol. The van der Waals surface area contributed by atoms with Crippen LogP contribution < -0.4 is 5.32 Å². The predicted octanol–water partition coefficient (Wildman–Crippen LogP) is 3.03. The van der Waals surface area contributed by atoms with E-state index in [9.17, 15) is 9.18 Å². The lowest BCUT2D eigenvalue weighted by atomic mass is 10.1. The second kappa shape index (κ2) is 5.91. The SMILES string of the molecule is CC[C@H](C)NC(=O)c1nn(-c2ccc(F)cc2)c2c1CCC2. The Morgan fingerprint density at radius 3 is 2.77 bits per heavy atom. The number of nitrogens with one attached hydrogen (secondary N) is 1. The molecule has 22 heavy (non-hydrogen) atoms. The van der Waals surface area contributed by atoms with Crippen LogP contribution in [-0.4, -0.2) is 21.7 Å². The average molecular weight is 301 g/mol. The molecule has 0 spiro atoms. The van der Waals surface area contributed by atoms with E-state index in [0.717, 1.165) is 42.6 Å². The lowest BCUT2D eigenvalue weighted by Gasteiger charge is -2.10. The van der Waals surface area contributed by atoms with Crippen molar-refractivity contribution in [2.24, 2.45) is 0 Å². The molecule has 0 bridgehead atoms. The van der Waals surface area contributed by atoms with Gasteiger partial charge in [0.05, 0.1) is 5.69 Å². The van der Waals surface area contributed by atoms with Crippen molar-refractivity contribution >= 4 is 5.91 Å². The first-order valence-corrected chi connectivity index (χ1v) is 7.77. The fraction of sp³-hybridized carbons (Fsp3) is 0.412. The summed E-state index contributed by atoms with van der Waals surface area (Å²) in [5.41, 5.74) is 3.41. The molecule has 0 unspecified atom stereocenters. The van der Waals surface area contributed by atoms with Gasteiger partial charge in [-0.05, 0) is 56.9 Å². The first kappa shape index (κ1) is 14.8. The molecule has 0 saturated heterocycles. The maximum absolute atomic E-state index is 13.1. The van der Waals surface area contributed by atoms with Gasteiger partial charge in [0.25, 0.3) is 5.91 Å². The summed E-state index contributed by atoms with van der Waals surface area (Å²) in [5, 5.41) is 7.48. The first-order valence-electron chi connectivity index (χ1n) is 7.77. The van der Waals surface area contributed by atoms with Gasteiger partial charge in [-0.15, -0.1) is 0 Å². The predicted molar refractivity (Wildman–Crippen MR) is 82.8 cm³/mol. The van der Waals surface area contributed by atoms with Crippen molar-refractivity contribution in [3.8, 4) is 5.69 Å². The molecule has 1 aliphatic rings. The highest BCUT2D eigenvalue weighted by atomic mass is 19.1. The highest BCUT2D eigenvalue weighted by Crippen LogP contribution is 2.28. The molecule has 0 aliphatic heterocycles. The summed E-state index contributed by atoms with van der Waals surface area (Å²) in [6.45, 7) is 4.02. The highest BCUT2D eigenvalue weighted by molar-refractivity contribution is 5.94. The molecule has 1 aromatic carbocycles. The maximum atomic E-state index is 13.1. The van der Waals surface area contributed by atoms with Crippen LogP contribution >= 0.6 is 0 Å². The molecular formula is C17H20FN3O. The van der Waals surface area contributed by atoms with Gasteiger partial charge in [-0.2, -0.15) is 5.10 Å². The number of carbonyl (C=O) groups excluding carboxylic acids is 1. The van der Waals surface area contributed by atoms with Crippen LogP contribution in [0.4, 0.5) is 4.39 Å². The molecule has 4 nitrogen and oxygen atoms in total. The number of hydrogen-bond acceptors (Lipinski definition) is 2. The Kier molecular flexibility index (Phi) is 3.96. The number of benzene rings is 1. The number of rotatable bonds is 4. The van der Waals surface area contributed by atoms with E-state index >= 15 is 0 Å². The molecule has 1 aliphatic carbocycles. The lowest BCUT2D eigenvalue weighted by molar-refractivity contribution is 0.0933. The van der Waals surface area contributed by atoms with Crippen molar-refractivity contribution in [1.29, 1.82) is 0 Å². The molecule has 5 heteroatoms. The number of hydrogen-bond donors (Lipinski definition) is 1. The lowest BCUT2D eigenvalue weighted by Crippen LogP contribution is -2.32. The fourth-order valence-corrected chi connectivity index (χ4v) is 2.81. The van der Waals surface area contributed by atoms with E-state index in [1.54, 1.807) is 16.8 Å². The minimum atomic E-state index is -0.276. The van der Waals surface area contributed by atoms with Gasteiger partial charge in [-0.1, -0.05) is 6.92 Å². The van der Waals surface area contributed by atoms with Gasteiger partial charge in [-0.3, -0.25) is 4.79 Å². The van der Waals surface area contributed by atoms with Crippen LogP contribution in [0.5, 0.6) is 0 Å². The van der Waals surface area contributed by atoms with Crippen LogP contribution in [0, 0.1) is 5.82 Å². The Morgan fingerprint density at radius 2 is 2.09 bits per heavy atom. The molecule has 1 atom stereocenters. The number of fused-ring (bicyclic) bond motifs is 1. The summed E-state index contributed by atoms with van der Waals surface area (Å²) >= 11 is 0. The zero-order valence-electron chi connectivity index (χ0n) is 12.9. The summed E-state index contributed by atoms with van der Waals surface area (Å²) < 4.78 is 14.9. The van der Waals surface area contributed by atoms with E-state index in [1.807, 2.05) is 13.8 Å². The van der Waals surface area contributed by atoms with Crippen molar-refractivity contribution in [1.82, 2.24) is 15.1 Å². The summed E-state index contributed by atoms with van der Waals surface area (Å²) in [5.74, 6) is -0.393. The Morgan fingerprint density at radius 1 is 1.36 bits per heavy atom. The zero-order chi connectivity index (χ0) is 15.7. The topological polar surface area (TPSA) is 46.9 Å². The van der Waals surface area contributed by atoms with Gasteiger partial charge in [-0.25, -0.2) is 9.07 Å². The number of aromatic nitrogens is 2. The number of nitrogens with zero attached hydrogens (tertiary/aromatic N) is 2. The minimum Gasteiger partial charge on any atom is -0.348 e. The summed E-state index contributed by atoms with van der Waals surface area (Å²) in [6.07, 6.45) is 3.68. The second-order valence-electron chi connectivity index (χ2n) is 5.80. The maximum Gasteiger partial charge on any atom is 0.272 e. The zero-order valence-corrected chi connectivity index (χ0v) is 12.9. The van der Waals surface area contributed by atoms with E-state index < -0.39 is 0 Å². The standard InChI is InChI=1S/C17H20FN3O/c1-3-11(2)19-17(22)16-14-5-4-6-15(14)21(20-16)13-9-7-12(18)8-10-13/h7-11H,3-6H2,1-2H3,(H,19,22)/t11-/m0/s1. The Bertz CT molecular complexity index is 691. The smallest absolute Gasteiger partial charge is 0.272 e. The van der Waals surface area contributed by atoms with Crippen LogP contribution in [-0.2, 0) is 12.8 Å². The number of halogens is 1. The molecule has 1 heterocycles. The van der Waals surface area contributed by atoms with Crippen LogP contribution in [0.2, 0.25) is 0 Å². The minimum absolute atomic E-state index is 0.117. The van der Waals surface area contributed by atoms with Gasteiger partial charge in [0.2, 0.25) is 0 Å². The van der Waals surface area contributed by atoms with Crippen molar-refractivity contribution in [3.05, 3.63) is 47.0 Å². The van der Waals surface area contributed by atoms with Gasteiger partial charge < -0.3 is 5.32 Å². The molecule has 1 aromatic heterocycles. The molecule has 0 saturated carbocycles. The van der Waals surface area contributed by atoms with E-state index in [1.165, 1.54) is 12.1 Å². The van der Waals surface area contributed by atoms with Crippen molar-refractivity contribution < 1.29 is 9.18 Å². The molecule has 1 amide bonds. The molecule has 2 aromatic rings. The summed E-state index contributed by atoms with van der Waals surface area (Å²) in [7, 11) is 0. The third-order valence-electron chi connectivity index (χ3n) is 4.21. The van der Waals surface area contributed by atoms with E-state index in [-0.39, 0.29) is 17.8 Å². The van der Waals surface area contributed by atoms with Gasteiger partial charge in [0.15, 0.2) is 5.69 Å². The van der Waals surface area contributed by atoms with E-state index in [0.29, 0.717) is 5.69 Å². The van der Waals surface area contributed by atoms with Gasteiger partial charge in [0, 0.05) is 17.3 Å². The molecule has 0 radical (unpaired) electrons. The Balaban J connectivity index is 1.98. The second-order valence-corrected chi connectivity index (χ2v) is 5.80. The van der Waals surface area contributed by atoms with Crippen LogP contribution in [0.1, 0.15) is 48.4 Å².